The smallest absolute Gasteiger partial charge is 0.181 e. The maximum atomic E-state index is 13.5. The van der Waals surface area contributed by atoms with Crippen molar-refractivity contribution in [3.8, 4) is 0 Å². The number of rotatable bonds is 4. The van der Waals surface area contributed by atoms with E-state index in [0.717, 1.165) is 0 Å². The van der Waals surface area contributed by atoms with Gasteiger partial charge in [0.05, 0.1) is 17.6 Å². The number of hydrogen-bond donors (Lipinski definition) is 1. The Labute approximate surface area is 117 Å². The van der Waals surface area contributed by atoms with Crippen molar-refractivity contribution in [1.82, 2.24) is 19.9 Å². The first-order valence-electron chi connectivity index (χ1n) is 5.80. The highest BCUT2D eigenvalue weighted by molar-refractivity contribution is 8.00. The predicted molar refractivity (Wildman–Crippen MR) is 73.1 cm³/mol. The maximum Gasteiger partial charge on any atom is 0.181 e. The summed E-state index contributed by atoms with van der Waals surface area (Å²) in [7, 11) is 0. The molecule has 2 aromatic heterocycles. The number of imidazole rings is 1. The molecule has 0 bridgehead atoms. The molecule has 0 atom stereocenters. The molecule has 0 aliphatic rings. The third-order valence-electron chi connectivity index (χ3n) is 2.70. The molecule has 3 rings (SSSR count). The zero-order valence-electron chi connectivity index (χ0n) is 10.2. The van der Waals surface area contributed by atoms with Gasteiger partial charge in [0, 0.05) is 0 Å². The molecule has 0 saturated carbocycles. The van der Waals surface area contributed by atoms with Crippen LogP contribution in [0.4, 0.5) is 4.39 Å². The summed E-state index contributed by atoms with van der Waals surface area (Å²) in [4.78, 5) is 27.0. The molecule has 2 heterocycles. The zero-order chi connectivity index (χ0) is 13.9. The molecule has 3 aromatic rings. The predicted octanol–water partition coefficient (Wildman–Crippen LogP) is 2.47. The third-order valence-corrected chi connectivity index (χ3v) is 3.69. The van der Waals surface area contributed by atoms with Gasteiger partial charge in [-0.3, -0.25) is 4.79 Å². The summed E-state index contributed by atoms with van der Waals surface area (Å²) in [6.45, 7) is 0. The van der Waals surface area contributed by atoms with Crippen molar-refractivity contribution in [2.24, 2.45) is 0 Å². The number of Topliss-reactive ketones (excluding diaryl/α,β-unsaturated/α-hetero) is 1. The molecule has 0 amide bonds. The number of nitrogens with one attached hydrogen (secondary N) is 1. The number of hydrogen-bond acceptors (Lipinski definition) is 5. The van der Waals surface area contributed by atoms with Crippen molar-refractivity contribution in [3.05, 3.63) is 48.3 Å². The molecule has 0 unspecified atom stereocenters. The van der Waals surface area contributed by atoms with Gasteiger partial charge < -0.3 is 4.98 Å². The standard InChI is InChI=1S/C13H9FN4OS/c14-9-4-2-1-3-8(9)10(19)5-20-13-11-12(16-6-15-11)17-7-18-13/h1-4,6-7H,5H2,(H,15,16,17,18). The first-order valence-corrected chi connectivity index (χ1v) is 6.79. The number of carbonyl (C=O) groups excluding carboxylic acids is 1. The number of H-pyrrole nitrogens is 1. The number of thioether (sulfide) groups is 1. The Morgan fingerprint density at radius 2 is 2.10 bits per heavy atom. The molecule has 0 aliphatic heterocycles. The largest absolute Gasteiger partial charge is 0.341 e. The SMILES string of the molecule is O=C(CSc1ncnc2nc[nH]c12)c1ccccc1F. The fourth-order valence-electron chi connectivity index (χ4n) is 1.75. The van der Waals surface area contributed by atoms with Crippen LogP contribution in [0.25, 0.3) is 11.2 Å². The van der Waals surface area contributed by atoms with Crippen LogP contribution >= 0.6 is 11.8 Å². The van der Waals surface area contributed by atoms with E-state index in [2.05, 4.69) is 19.9 Å². The van der Waals surface area contributed by atoms with Crippen LogP contribution in [0.3, 0.4) is 0 Å². The van der Waals surface area contributed by atoms with Crippen molar-refractivity contribution in [1.29, 1.82) is 0 Å². The summed E-state index contributed by atoms with van der Waals surface area (Å²) in [5.41, 5.74) is 1.31. The minimum absolute atomic E-state index is 0.0925. The fraction of sp³-hybridized carbons (Fsp3) is 0.0769. The van der Waals surface area contributed by atoms with Gasteiger partial charge in [-0.1, -0.05) is 23.9 Å². The van der Waals surface area contributed by atoms with Crippen LogP contribution in [-0.4, -0.2) is 31.5 Å². The lowest BCUT2D eigenvalue weighted by Crippen LogP contribution is -2.05. The van der Waals surface area contributed by atoms with E-state index in [1.54, 1.807) is 12.1 Å². The van der Waals surface area contributed by atoms with Crippen LogP contribution in [0, 0.1) is 5.82 Å². The number of ketones is 1. The van der Waals surface area contributed by atoms with E-state index < -0.39 is 5.82 Å². The summed E-state index contributed by atoms with van der Waals surface area (Å²) in [6.07, 6.45) is 2.90. The van der Waals surface area contributed by atoms with Crippen molar-refractivity contribution in [2.75, 3.05) is 5.75 Å². The van der Waals surface area contributed by atoms with E-state index in [-0.39, 0.29) is 17.1 Å². The molecule has 7 heteroatoms. The van der Waals surface area contributed by atoms with Crippen LogP contribution in [0.1, 0.15) is 10.4 Å². The second-order valence-corrected chi connectivity index (χ2v) is 4.94. The highest BCUT2D eigenvalue weighted by atomic mass is 32.2. The van der Waals surface area contributed by atoms with Gasteiger partial charge in [0.2, 0.25) is 0 Å². The second kappa shape index (κ2) is 5.38. The van der Waals surface area contributed by atoms with Gasteiger partial charge in [-0.15, -0.1) is 0 Å². The highest BCUT2D eigenvalue weighted by Gasteiger charge is 2.13. The van der Waals surface area contributed by atoms with E-state index in [1.807, 2.05) is 0 Å². The van der Waals surface area contributed by atoms with Crippen molar-refractivity contribution in [2.45, 2.75) is 5.03 Å². The quantitative estimate of drug-likeness (QED) is 0.453. The highest BCUT2D eigenvalue weighted by Crippen LogP contribution is 2.23. The Kier molecular flexibility index (Phi) is 3.42. The van der Waals surface area contributed by atoms with Crippen molar-refractivity contribution in [3.63, 3.8) is 0 Å². The van der Waals surface area contributed by atoms with Crippen LogP contribution in [0.2, 0.25) is 0 Å². The van der Waals surface area contributed by atoms with E-state index in [4.69, 9.17) is 0 Å². The maximum absolute atomic E-state index is 13.5. The lowest BCUT2D eigenvalue weighted by atomic mass is 10.1. The fourth-order valence-corrected chi connectivity index (χ4v) is 2.59. The summed E-state index contributed by atoms with van der Waals surface area (Å²) in [5, 5.41) is 0.622. The molecule has 0 aliphatic carbocycles. The number of benzene rings is 1. The Bertz CT molecular complexity index is 774. The summed E-state index contributed by atoms with van der Waals surface area (Å²) in [6, 6.07) is 5.94. The van der Waals surface area contributed by atoms with Gasteiger partial charge in [0.15, 0.2) is 11.4 Å². The number of aromatic nitrogens is 4. The van der Waals surface area contributed by atoms with E-state index in [1.165, 1.54) is 36.5 Å². The molecule has 1 aromatic carbocycles. The molecular weight excluding hydrogens is 279 g/mol. The average Bonchev–Trinajstić information content (AvgIpc) is 2.94. The summed E-state index contributed by atoms with van der Waals surface area (Å²) < 4.78 is 13.5. The Morgan fingerprint density at radius 1 is 1.25 bits per heavy atom. The first kappa shape index (κ1) is 12.7. The number of fused-ring (bicyclic) bond motifs is 1. The molecule has 20 heavy (non-hydrogen) atoms. The van der Waals surface area contributed by atoms with E-state index in [0.29, 0.717) is 16.2 Å². The number of aromatic amines is 1. The monoisotopic (exact) mass is 288 g/mol. The van der Waals surface area contributed by atoms with Crippen molar-refractivity contribution >= 4 is 28.7 Å². The lowest BCUT2D eigenvalue weighted by molar-refractivity contribution is 0.101. The Morgan fingerprint density at radius 3 is 2.95 bits per heavy atom. The van der Waals surface area contributed by atoms with Crippen molar-refractivity contribution < 1.29 is 9.18 Å². The van der Waals surface area contributed by atoms with E-state index >= 15 is 0 Å². The van der Waals surface area contributed by atoms with E-state index in [9.17, 15) is 9.18 Å². The minimum atomic E-state index is -0.507. The lowest BCUT2D eigenvalue weighted by Gasteiger charge is -2.02. The van der Waals surface area contributed by atoms with Crippen LogP contribution in [-0.2, 0) is 0 Å². The summed E-state index contributed by atoms with van der Waals surface area (Å²) in [5.74, 6) is -0.682. The van der Waals surface area contributed by atoms with Gasteiger partial charge >= 0.3 is 0 Å². The second-order valence-electron chi connectivity index (χ2n) is 3.97. The van der Waals surface area contributed by atoms with Gasteiger partial charge in [-0.05, 0) is 12.1 Å². The van der Waals surface area contributed by atoms with Crippen LogP contribution < -0.4 is 0 Å². The summed E-state index contributed by atoms with van der Waals surface area (Å²) >= 11 is 1.23. The topological polar surface area (TPSA) is 71.5 Å². The molecule has 100 valence electrons. The molecule has 0 spiro atoms. The zero-order valence-corrected chi connectivity index (χ0v) is 11.0. The number of carbonyl (C=O) groups is 1. The molecule has 5 nitrogen and oxygen atoms in total. The normalized spacial score (nSPS) is 10.8. The third kappa shape index (κ3) is 2.39. The minimum Gasteiger partial charge on any atom is -0.341 e. The average molecular weight is 288 g/mol. The number of halogens is 1. The molecule has 0 radical (unpaired) electrons. The van der Waals surface area contributed by atoms with Gasteiger partial charge in [-0.25, -0.2) is 19.3 Å². The van der Waals surface area contributed by atoms with Crippen LogP contribution in [0.5, 0.6) is 0 Å². The van der Waals surface area contributed by atoms with Gasteiger partial charge in [0.1, 0.15) is 22.7 Å². The molecule has 0 saturated heterocycles. The van der Waals surface area contributed by atoms with Gasteiger partial charge in [0.25, 0.3) is 0 Å². The molecule has 0 fully saturated rings. The first-order chi connectivity index (χ1) is 9.75. The number of nitrogens with zero attached hydrogens (tertiary/aromatic N) is 3. The van der Waals surface area contributed by atoms with Gasteiger partial charge in [-0.2, -0.15) is 0 Å². The van der Waals surface area contributed by atoms with Crippen LogP contribution in [0.15, 0.2) is 41.9 Å². The molecular formula is C13H9FN4OS. The molecule has 1 N–H and O–H groups in total. The Balaban J connectivity index is 1.78. The Hall–Kier alpha value is -2.28.